The van der Waals surface area contributed by atoms with Crippen molar-refractivity contribution in [1.29, 1.82) is 0 Å². The summed E-state index contributed by atoms with van der Waals surface area (Å²) >= 11 is 5.27. The van der Waals surface area contributed by atoms with Crippen molar-refractivity contribution in [3.63, 3.8) is 0 Å². The summed E-state index contributed by atoms with van der Waals surface area (Å²) in [6.45, 7) is 0. The third kappa shape index (κ3) is 2.08. The molecule has 0 amide bonds. The number of H-pyrrole nitrogens is 1. The van der Waals surface area contributed by atoms with Gasteiger partial charge in [0.05, 0.1) is 11.2 Å². The van der Waals surface area contributed by atoms with Crippen LogP contribution in [0.4, 0.5) is 0 Å². The molecule has 19 heavy (non-hydrogen) atoms. The topological polar surface area (TPSA) is 60.7 Å². The van der Waals surface area contributed by atoms with Gasteiger partial charge in [0.25, 0.3) is 0 Å². The van der Waals surface area contributed by atoms with E-state index in [-0.39, 0.29) is 0 Å². The quantitative estimate of drug-likeness (QED) is 0.496. The third-order valence-corrected chi connectivity index (χ3v) is 3.36. The molecule has 96 valence electrons. The second-order valence-corrected chi connectivity index (χ2v) is 4.64. The molecular weight excluding hydrogens is 260 g/mol. The van der Waals surface area contributed by atoms with Crippen LogP contribution in [-0.4, -0.2) is 19.6 Å². The summed E-state index contributed by atoms with van der Waals surface area (Å²) in [7, 11) is 0. The third-order valence-electron chi connectivity index (χ3n) is 3.06. The fourth-order valence-electron chi connectivity index (χ4n) is 2.10. The van der Waals surface area contributed by atoms with E-state index in [1.807, 2.05) is 40.9 Å². The van der Waals surface area contributed by atoms with E-state index in [4.69, 9.17) is 22.4 Å². The zero-order valence-electron chi connectivity index (χ0n) is 9.95. The number of nitrogens with one attached hydrogen (secondary N) is 1. The van der Waals surface area contributed by atoms with Gasteiger partial charge in [-0.05, 0) is 24.4 Å². The van der Waals surface area contributed by atoms with E-state index in [2.05, 4.69) is 4.98 Å². The van der Waals surface area contributed by atoms with Gasteiger partial charge in [0, 0.05) is 17.3 Å². The van der Waals surface area contributed by atoms with Gasteiger partial charge < -0.3 is 15.2 Å². The summed E-state index contributed by atoms with van der Waals surface area (Å²) in [4.78, 5) is 3.17. The minimum atomic E-state index is -1.45. The van der Waals surface area contributed by atoms with E-state index < -0.39 is 6.29 Å². The van der Waals surface area contributed by atoms with E-state index >= 15 is 0 Å². The number of hydrogen-bond donors (Lipinski definition) is 3. The lowest BCUT2D eigenvalue weighted by Crippen LogP contribution is -1.93. The van der Waals surface area contributed by atoms with Crippen molar-refractivity contribution in [2.24, 2.45) is 0 Å². The van der Waals surface area contributed by atoms with Gasteiger partial charge in [-0.25, -0.2) is 0 Å². The smallest absolute Gasteiger partial charge is 0.182 e. The van der Waals surface area contributed by atoms with E-state index in [1.165, 1.54) is 0 Å². The summed E-state index contributed by atoms with van der Waals surface area (Å²) in [5.74, 6) is 0. The first-order valence-corrected chi connectivity index (χ1v) is 6.23. The van der Waals surface area contributed by atoms with E-state index in [1.54, 1.807) is 12.1 Å². The molecule has 3 rings (SSSR count). The molecule has 0 atom stereocenters. The molecule has 0 spiro atoms. The maximum absolute atomic E-state index is 9.09. The van der Waals surface area contributed by atoms with Gasteiger partial charge in [-0.15, -0.1) is 0 Å². The molecule has 0 aliphatic rings. The van der Waals surface area contributed by atoms with Crippen LogP contribution in [0.15, 0.2) is 48.7 Å². The van der Waals surface area contributed by atoms with Crippen LogP contribution in [0.2, 0.25) is 0 Å². The van der Waals surface area contributed by atoms with Crippen LogP contribution in [0.3, 0.4) is 0 Å². The minimum Gasteiger partial charge on any atom is -0.364 e. The Morgan fingerprint density at radius 2 is 1.79 bits per heavy atom. The van der Waals surface area contributed by atoms with Gasteiger partial charge in [0.1, 0.15) is 0 Å². The van der Waals surface area contributed by atoms with Crippen molar-refractivity contribution in [3.8, 4) is 11.3 Å². The van der Waals surface area contributed by atoms with Gasteiger partial charge in [-0.1, -0.05) is 30.3 Å². The highest BCUT2D eigenvalue weighted by molar-refractivity contribution is 7.71. The van der Waals surface area contributed by atoms with Crippen LogP contribution in [0.5, 0.6) is 0 Å². The van der Waals surface area contributed by atoms with Gasteiger partial charge >= 0.3 is 0 Å². The number of benzene rings is 1. The van der Waals surface area contributed by atoms with Gasteiger partial charge in [0.2, 0.25) is 0 Å². The molecule has 0 unspecified atom stereocenters. The lowest BCUT2D eigenvalue weighted by Gasteiger charge is -2.05. The number of aliphatic hydroxyl groups excluding tert-OH is 1. The number of pyridine rings is 1. The molecular formula is C14H12N2O2S. The number of imidazole rings is 1. The van der Waals surface area contributed by atoms with Crippen molar-refractivity contribution in [3.05, 3.63) is 59.0 Å². The first-order chi connectivity index (χ1) is 9.16. The Bertz CT molecular complexity index is 772. The molecule has 2 heterocycles. The molecule has 0 aliphatic carbocycles. The number of aromatic nitrogens is 2. The lowest BCUT2D eigenvalue weighted by atomic mass is 10.1. The van der Waals surface area contributed by atoms with Crippen molar-refractivity contribution >= 4 is 17.7 Å². The fraction of sp³-hybridized carbons (Fsp3) is 0.0714. The molecule has 2 aromatic heterocycles. The molecule has 1 aromatic carbocycles. The molecule has 0 bridgehead atoms. The molecule has 3 N–H and O–H groups in total. The van der Waals surface area contributed by atoms with Gasteiger partial charge in [0.15, 0.2) is 11.1 Å². The molecule has 0 aliphatic heterocycles. The Kier molecular flexibility index (Phi) is 2.94. The van der Waals surface area contributed by atoms with Crippen LogP contribution in [0, 0.1) is 4.77 Å². The summed E-state index contributed by atoms with van der Waals surface area (Å²) in [6, 6.07) is 12.9. The van der Waals surface area contributed by atoms with Crippen molar-refractivity contribution in [1.82, 2.24) is 9.38 Å². The second kappa shape index (κ2) is 4.62. The van der Waals surface area contributed by atoms with E-state index in [0.717, 1.165) is 16.8 Å². The molecule has 3 aromatic rings. The van der Waals surface area contributed by atoms with Crippen LogP contribution in [0.25, 0.3) is 16.8 Å². The Balaban J connectivity index is 2.17. The first kappa shape index (κ1) is 12.1. The Morgan fingerprint density at radius 1 is 1.05 bits per heavy atom. The maximum Gasteiger partial charge on any atom is 0.182 e. The monoisotopic (exact) mass is 272 g/mol. The van der Waals surface area contributed by atoms with Crippen molar-refractivity contribution in [2.75, 3.05) is 0 Å². The van der Waals surface area contributed by atoms with Crippen LogP contribution < -0.4 is 0 Å². The number of rotatable bonds is 2. The van der Waals surface area contributed by atoms with Crippen LogP contribution in [-0.2, 0) is 0 Å². The predicted octanol–water partition coefficient (Wildman–Crippen LogP) is 2.65. The number of aliphatic hydroxyl groups is 2. The summed E-state index contributed by atoms with van der Waals surface area (Å²) < 4.78 is 2.54. The molecule has 0 saturated heterocycles. The average Bonchev–Trinajstić information content (AvgIpc) is 2.77. The summed E-state index contributed by atoms with van der Waals surface area (Å²) in [5.41, 5.74) is 3.32. The van der Waals surface area contributed by atoms with Gasteiger partial charge in [-0.2, -0.15) is 0 Å². The highest BCUT2D eigenvalue weighted by Gasteiger charge is 2.08. The lowest BCUT2D eigenvalue weighted by molar-refractivity contribution is -0.0424. The zero-order chi connectivity index (χ0) is 13.4. The van der Waals surface area contributed by atoms with Gasteiger partial charge in [-0.3, -0.25) is 4.40 Å². The van der Waals surface area contributed by atoms with Crippen LogP contribution >= 0.6 is 12.2 Å². The second-order valence-electron chi connectivity index (χ2n) is 4.26. The fourth-order valence-corrected chi connectivity index (χ4v) is 2.36. The largest absolute Gasteiger partial charge is 0.364 e. The number of hydrogen-bond acceptors (Lipinski definition) is 3. The highest BCUT2D eigenvalue weighted by atomic mass is 32.1. The van der Waals surface area contributed by atoms with Crippen molar-refractivity contribution in [2.45, 2.75) is 6.29 Å². The predicted molar refractivity (Wildman–Crippen MR) is 75.2 cm³/mol. The van der Waals surface area contributed by atoms with Crippen LogP contribution in [0.1, 0.15) is 11.9 Å². The van der Waals surface area contributed by atoms with Crippen molar-refractivity contribution < 1.29 is 10.2 Å². The van der Waals surface area contributed by atoms with E-state index in [0.29, 0.717) is 10.3 Å². The first-order valence-electron chi connectivity index (χ1n) is 5.82. The number of fused-ring (bicyclic) bond motifs is 1. The standard InChI is InChI=1S/C14H12N2O2S/c17-13(18)10-6-4-9(5-7-10)12-11-3-1-2-8-16(11)14(19)15-12/h1-8,13,17-18H,(H,15,19). The summed E-state index contributed by atoms with van der Waals surface area (Å²) in [5, 5.41) is 18.2. The molecule has 0 saturated carbocycles. The summed E-state index contributed by atoms with van der Waals surface area (Å²) in [6.07, 6.45) is 0.460. The average molecular weight is 272 g/mol. The normalized spacial score (nSPS) is 11.3. The number of nitrogens with zero attached hydrogens (tertiary/aromatic N) is 1. The van der Waals surface area contributed by atoms with E-state index in [9.17, 15) is 0 Å². The molecule has 4 nitrogen and oxygen atoms in total. The highest BCUT2D eigenvalue weighted by Crippen LogP contribution is 2.24. The SMILES string of the molecule is OC(O)c1ccc(-c2[nH]c(=S)n3ccccc23)cc1. The minimum absolute atomic E-state index is 0.464. The Morgan fingerprint density at radius 3 is 2.47 bits per heavy atom. The molecule has 5 heteroatoms. The molecule has 0 radical (unpaired) electrons. The Labute approximate surface area is 114 Å². The number of aromatic amines is 1. The maximum atomic E-state index is 9.09. The zero-order valence-corrected chi connectivity index (χ0v) is 10.8. The Hall–Kier alpha value is -1.95. The molecule has 0 fully saturated rings.